The van der Waals surface area contributed by atoms with Crippen molar-refractivity contribution in [1.82, 2.24) is 0 Å². The molecule has 9 aromatic rings. The first kappa shape index (κ1) is 35.0. The molecule has 0 atom stereocenters. The van der Waals surface area contributed by atoms with Crippen LogP contribution in [-0.2, 0) is 5.60 Å². The third-order valence-corrected chi connectivity index (χ3v) is 11.3. The molecule has 0 N–H and O–H groups in total. The lowest BCUT2D eigenvalue weighted by Crippen LogP contribution is -2.34. The topological polar surface area (TPSA) is 9.23 Å². The van der Waals surface area contributed by atoms with Gasteiger partial charge in [-0.15, -0.1) is 0 Å². The van der Waals surface area contributed by atoms with Crippen LogP contribution < -0.4 is 4.74 Å². The van der Waals surface area contributed by atoms with Crippen LogP contribution in [0, 0.1) is 0 Å². The fourth-order valence-electron chi connectivity index (χ4n) is 8.70. The molecule has 0 aliphatic carbocycles. The average Bonchev–Trinajstić information content (AvgIpc) is 3.32. The highest BCUT2D eigenvalue weighted by Crippen LogP contribution is 2.56. The SMILES string of the molecule is C1=CC(c2ccccc2)(c2ccccc2)Oc2ccc(-c3c(-c4ccccc4)c(-c4ccccc4)c(-c4ccccc4)c(-c4ccccc4)c3-c3ccccc3)cc21. The van der Waals surface area contributed by atoms with Gasteiger partial charge in [-0.1, -0.05) is 224 Å². The Kier molecular flexibility index (Phi) is 9.18. The summed E-state index contributed by atoms with van der Waals surface area (Å²) in [5.74, 6) is 0.842. The summed E-state index contributed by atoms with van der Waals surface area (Å²) in [5, 5.41) is 0. The normalized spacial score (nSPS) is 12.7. The molecule has 0 saturated heterocycles. The second-order valence-corrected chi connectivity index (χ2v) is 14.7. The van der Waals surface area contributed by atoms with E-state index in [1.807, 2.05) is 0 Å². The minimum atomic E-state index is -0.764. The highest BCUT2D eigenvalue weighted by molar-refractivity contribution is 6.15. The molecule has 1 heterocycles. The van der Waals surface area contributed by atoms with Crippen molar-refractivity contribution in [2.24, 2.45) is 0 Å². The van der Waals surface area contributed by atoms with Crippen LogP contribution in [0.5, 0.6) is 5.75 Å². The van der Waals surface area contributed by atoms with E-state index in [-0.39, 0.29) is 0 Å². The van der Waals surface area contributed by atoms with E-state index in [1.165, 1.54) is 38.9 Å². The predicted molar refractivity (Wildman–Crippen MR) is 242 cm³/mol. The largest absolute Gasteiger partial charge is 0.473 e. The molecule has 0 amide bonds. The number of fused-ring (bicyclic) bond motifs is 1. The smallest absolute Gasteiger partial charge is 0.178 e. The van der Waals surface area contributed by atoms with E-state index in [0.29, 0.717) is 0 Å². The molecule has 0 aromatic heterocycles. The quantitative estimate of drug-likeness (QED) is 0.151. The Morgan fingerprint density at radius 1 is 0.276 bits per heavy atom. The van der Waals surface area contributed by atoms with Crippen LogP contribution in [-0.4, -0.2) is 0 Å². The second-order valence-electron chi connectivity index (χ2n) is 14.7. The summed E-state index contributed by atoms with van der Waals surface area (Å²) < 4.78 is 7.19. The zero-order valence-electron chi connectivity index (χ0n) is 32.0. The molecule has 1 aliphatic rings. The monoisotopic (exact) mass is 740 g/mol. The Bertz CT molecular complexity index is 2710. The fraction of sp³-hybridized carbons (Fsp3) is 0.0175. The van der Waals surface area contributed by atoms with Gasteiger partial charge in [-0.05, 0) is 85.0 Å². The van der Waals surface area contributed by atoms with Crippen LogP contribution in [0.1, 0.15) is 16.7 Å². The van der Waals surface area contributed by atoms with Gasteiger partial charge in [0.2, 0.25) is 0 Å². The minimum absolute atomic E-state index is 0.764. The van der Waals surface area contributed by atoms with Crippen LogP contribution in [0.15, 0.2) is 237 Å². The van der Waals surface area contributed by atoms with Gasteiger partial charge in [0, 0.05) is 16.7 Å². The molecule has 274 valence electrons. The molecular formula is C57H40O. The van der Waals surface area contributed by atoms with Crippen molar-refractivity contribution < 1.29 is 4.74 Å². The lowest BCUT2D eigenvalue weighted by molar-refractivity contribution is 0.161. The lowest BCUT2D eigenvalue weighted by Gasteiger charge is -2.36. The molecule has 1 nitrogen and oxygen atoms in total. The maximum Gasteiger partial charge on any atom is 0.178 e. The van der Waals surface area contributed by atoms with Gasteiger partial charge in [-0.3, -0.25) is 0 Å². The first-order valence-corrected chi connectivity index (χ1v) is 19.9. The summed E-state index contributed by atoms with van der Waals surface area (Å²) in [6.07, 6.45) is 4.48. The summed E-state index contributed by atoms with van der Waals surface area (Å²) in [6, 6.07) is 82.4. The Hall–Kier alpha value is -7.48. The van der Waals surface area contributed by atoms with Crippen molar-refractivity contribution in [3.05, 3.63) is 253 Å². The van der Waals surface area contributed by atoms with Gasteiger partial charge >= 0.3 is 0 Å². The first-order chi connectivity index (χ1) is 28.8. The van der Waals surface area contributed by atoms with Crippen molar-refractivity contribution in [3.8, 4) is 72.5 Å². The van der Waals surface area contributed by atoms with Gasteiger partial charge in [0.15, 0.2) is 5.60 Å². The summed E-state index contributed by atoms with van der Waals surface area (Å²) in [6.45, 7) is 0. The third kappa shape index (κ3) is 6.24. The number of ether oxygens (including phenoxy) is 1. The number of hydrogen-bond donors (Lipinski definition) is 0. The van der Waals surface area contributed by atoms with E-state index in [2.05, 4.69) is 243 Å². The third-order valence-electron chi connectivity index (χ3n) is 11.3. The van der Waals surface area contributed by atoms with Crippen LogP contribution in [0.2, 0.25) is 0 Å². The Morgan fingerprint density at radius 3 is 0.897 bits per heavy atom. The number of rotatable bonds is 8. The van der Waals surface area contributed by atoms with E-state index in [4.69, 9.17) is 4.74 Å². The van der Waals surface area contributed by atoms with Crippen LogP contribution in [0.4, 0.5) is 0 Å². The van der Waals surface area contributed by atoms with Gasteiger partial charge in [-0.25, -0.2) is 0 Å². The Morgan fingerprint density at radius 2 is 0.569 bits per heavy atom. The summed E-state index contributed by atoms with van der Waals surface area (Å²) in [7, 11) is 0. The summed E-state index contributed by atoms with van der Waals surface area (Å²) in [4.78, 5) is 0. The van der Waals surface area contributed by atoms with Crippen molar-refractivity contribution in [1.29, 1.82) is 0 Å². The van der Waals surface area contributed by atoms with Gasteiger partial charge in [0.1, 0.15) is 5.75 Å². The second kappa shape index (κ2) is 15.2. The van der Waals surface area contributed by atoms with E-state index >= 15 is 0 Å². The fourth-order valence-corrected chi connectivity index (χ4v) is 8.70. The Labute approximate surface area is 340 Å². The molecule has 0 saturated carbocycles. The maximum absolute atomic E-state index is 7.19. The van der Waals surface area contributed by atoms with E-state index in [0.717, 1.165) is 50.3 Å². The van der Waals surface area contributed by atoms with E-state index in [1.54, 1.807) is 0 Å². The number of benzene rings is 9. The molecule has 1 heteroatoms. The minimum Gasteiger partial charge on any atom is -0.473 e. The molecule has 10 rings (SSSR count). The maximum atomic E-state index is 7.19. The summed E-state index contributed by atoms with van der Waals surface area (Å²) >= 11 is 0. The first-order valence-electron chi connectivity index (χ1n) is 19.9. The number of hydrogen-bond acceptors (Lipinski definition) is 1. The molecule has 9 aromatic carbocycles. The van der Waals surface area contributed by atoms with Crippen LogP contribution in [0.25, 0.3) is 72.8 Å². The zero-order valence-corrected chi connectivity index (χ0v) is 32.0. The molecule has 0 spiro atoms. The molecule has 1 aliphatic heterocycles. The molecule has 0 fully saturated rings. The Balaban J connectivity index is 1.33. The van der Waals surface area contributed by atoms with Crippen molar-refractivity contribution in [2.75, 3.05) is 0 Å². The van der Waals surface area contributed by atoms with E-state index < -0.39 is 5.60 Å². The molecular weight excluding hydrogens is 701 g/mol. The van der Waals surface area contributed by atoms with Gasteiger partial charge in [-0.2, -0.15) is 0 Å². The van der Waals surface area contributed by atoms with Crippen molar-refractivity contribution >= 4 is 6.08 Å². The predicted octanol–water partition coefficient (Wildman–Crippen LogP) is 15.0. The molecule has 0 bridgehead atoms. The lowest BCUT2D eigenvalue weighted by atomic mass is 9.74. The van der Waals surface area contributed by atoms with Crippen LogP contribution in [0.3, 0.4) is 0 Å². The van der Waals surface area contributed by atoms with Gasteiger partial charge in [0.05, 0.1) is 0 Å². The van der Waals surface area contributed by atoms with Crippen molar-refractivity contribution in [2.45, 2.75) is 5.60 Å². The van der Waals surface area contributed by atoms with E-state index in [9.17, 15) is 0 Å². The molecule has 0 radical (unpaired) electrons. The van der Waals surface area contributed by atoms with Crippen molar-refractivity contribution in [3.63, 3.8) is 0 Å². The standard InChI is InChI=1S/C57H40O/c1-8-22-41(23-9-1)51-52(42-24-10-2-11-25-42)54(44-28-14-4-15-29-44)56(55(45-30-16-5-17-31-45)53(51)43-26-12-3-13-27-43)47-36-37-50-46(40-47)38-39-57(58-50,48-32-18-6-19-33-48)49-34-20-7-21-35-49/h1-40H. The highest BCUT2D eigenvalue weighted by Gasteiger charge is 2.37. The zero-order chi connectivity index (χ0) is 38.7. The summed E-state index contributed by atoms with van der Waals surface area (Å²) in [5.41, 5.74) is 16.5. The van der Waals surface area contributed by atoms with Crippen LogP contribution >= 0.6 is 0 Å². The van der Waals surface area contributed by atoms with Gasteiger partial charge in [0.25, 0.3) is 0 Å². The molecule has 0 unspecified atom stereocenters. The average molecular weight is 741 g/mol. The van der Waals surface area contributed by atoms with Gasteiger partial charge < -0.3 is 4.74 Å². The highest BCUT2D eigenvalue weighted by atomic mass is 16.5. The molecule has 58 heavy (non-hydrogen) atoms.